The van der Waals surface area contributed by atoms with E-state index in [-0.39, 0.29) is 4.90 Å². The molecular formula is C20H16Cl2N2O3S2. The first-order chi connectivity index (χ1) is 13.7. The highest BCUT2D eigenvalue weighted by Crippen LogP contribution is 2.23. The fraction of sp³-hybridized carbons (Fsp3) is 0.100. The fourth-order valence-electron chi connectivity index (χ4n) is 2.60. The second-order valence-corrected chi connectivity index (χ2v) is 10.0. The molecule has 3 aromatic rings. The SMILES string of the molecule is C=CCn1/c(=N/C(=O)/C=C/c2ccc(Cl)cc2Cl)sc2cc(S(C)(=O)=O)ccc21. The Morgan fingerprint density at radius 1 is 1.24 bits per heavy atom. The quantitative estimate of drug-likeness (QED) is 0.402. The van der Waals surface area contributed by atoms with Gasteiger partial charge in [0.1, 0.15) is 0 Å². The van der Waals surface area contributed by atoms with Gasteiger partial charge in [-0.1, -0.05) is 46.7 Å². The van der Waals surface area contributed by atoms with E-state index < -0.39 is 15.7 Å². The zero-order valence-corrected chi connectivity index (χ0v) is 18.4. The van der Waals surface area contributed by atoms with Gasteiger partial charge in [0.15, 0.2) is 14.6 Å². The summed E-state index contributed by atoms with van der Waals surface area (Å²) >= 11 is 13.2. The predicted molar refractivity (Wildman–Crippen MR) is 119 cm³/mol. The van der Waals surface area contributed by atoms with Crippen LogP contribution in [0.2, 0.25) is 10.0 Å². The largest absolute Gasteiger partial charge is 0.312 e. The van der Waals surface area contributed by atoms with Crippen molar-refractivity contribution in [1.82, 2.24) is 4.57 Å². The van der Waals surface area contributed by atoms with Crippen LogP contribution in [-0.2, 0) is 21.2 Å². The van der Waals surface area contributed by atoms with E-state index in [1.165, 1.54) is 23.5 Å². The molecule has 0 fully saturated rings. The number of rotatable bonds is 5. The molecule has 150 valence electrons. The topological polar surface area (TPSA) is 68.5 Å². The molecule has 29 heavy (non-hydrogen) atoms. The number of carbonyl (C=O) groups excluding carboxylic acids is 1. The third-order valence-corrected chi connectivity index (χ3v) is 6.68. The number of hydrogen-bond acceptors (Lipinski definition) is 4. The van der Waals surface area contributed by atoms with E-state index in [0.717, 1.165) is 11.8 Å². The first kappa shape index (κ1) is 21.5. The first-order valence-electron chi connectivity index (χ1n) is 8.35. The standard InChI is InChI=1S/C20H16Cl2N2O3S2/c1-3-10-24-17-8-7-15(29(2,26)27)12-18(17)28-20(24)23-19(25)9-5-13-4-6-14(21)11-16(13)22/h3-9,11-12H,1,10H2,2H3/b9-5+,23-20-. The molecule has 0 aliphatic rings. The lowest BCUT2D eigenvalue weighted by molar-refractivity contribution is -0.113. The molecule has 0 bridgehead atoms. The van der Waals surface area contributed by atoms with E-state index in [9.17, 15) is 13.2 Å². The Morgan fingerprint density at radius 3 is 2.66 bits per heavy atom. The number of hydrogen-bond donors (Lipinski definition) is 0. The molecule has 0 spiro atoms. The van der Waals surface area contributed by atoms with Gasteiger partial charge in [-0.25, -0.2) is 8.42 Å². The van der Waals surface area contributed by atoms with E-state index in [2.05, 4.69) is 11.6 Å². The lowest BCUT2D eigenvalue weighted by Crippen LogP contribution is -2.15. The molecule has 2 aromatic carbocycles. The Labute approximate surface area is 182 Å². The number of allylic oxidation sites excluding steroid dienone is 1. The summed E-state index contributed by atoms with van der Waals surface area (Å²) in [7, 11) is -3.33. The molecule has 0 unspecified atom stereocenters. The number of aromatic nitrogens is 1. The monoisotopic (exact) mass is 466 g/mol. The summed E-state index contributed by atoms with van der Waals surface area (Å²) in [6, 6.07) is 9.81. The third kappa shape index (κ3) is 5.05. The number of thiazole rings is 1. The second-order valence-electron chi connectivity index (χ2n) is 6.13. The van der Waals surface area contributed by atoms with Gasteiger partial charge in [-0.05, 0) is 42.0 Å². The molecule has 0 radical (unpaired) electrons. The van der Waals surface area contributed by atoms with Crippen molar-refractivity contribution in [2.75, 3.05) is 6.26 Å². The third-order valence-electron chi connectivity index (χ3n) is 3.97. The molecule has 5 nitrogen and oxygen atoms in total. The van der Waals surface area contributed by atoms with Crippen LogP contribution in [-0.4, -0.2) is 25.1 Å². The lowest BCUT2D eigenvalue weighted by atomic mass is 10.2. The van der Waals surface area contributed by atoms with Crippen molar-refractivity contribution in [2.45, 2.75) is 11.4 Å². The van der Waals surface area contributed by atoms with Gasteiger partial charge < -0.3 is 4.57 Å². The van der Waals surface area contributed by atoms with Crippen LogP contribution in [0.5, 0.6) is 0 Å². The van der Waals surface area contributed by atoms with Gasteiger partial charge in [-0.3, -0.25) is 4.79 Å². The summed E-state index contributed by atoms with van der Waals surface area (Å²) in [5.74, 6) is -0.469. The van der Waals surface area contributed by atoms with Crippen molar-refractivity contribution >= 4 is 66.6 Å². The van der Waals surface area contributed by atoms with Crippen LogP contribution in [0.4, 0.5) is 0 Å². The number of sulfone groups is 1. The van der Waals surface area contributed by atoms with Crippen LogP contribution in [0.15, 0.2) is 65.0 Å². The molecule has 0 atom stereocenters. The number of nitrogens with zero attached hydrogens (tertiary/aromatic N) is 2. The minimum atomic E-state index is -3.33. The molecule has 0 N–H and O–H groups in total. The van der Waals surface area contributed by atoms with Crippen molar-refractivity contribution in [3.05, 3.63) is 75.5 Å². The van der Waals surface area contributed by atoms with Crippen molar-refractivity contribution in [3.8, 4) is 0 Å². The van der Waals surface area contributed by atoms with E-state index in [0.29, 0.717) is 31.7 Å². The van der Waals surface area contributed by atoms with Gasteiger partial charge in [0.2, 0.25) is 0 Å². The Hall–Kier alpha value is -2.19. The van der Waals surface area contributed by atoms with Crippen molar-refractivity contribution in [2.24, 2.45) is 4.99 Å². The molecule has 0 aliphatic carbocycles. The van der Waals surface area contributed by atoms with Crippen molar-refractivity contribution < 1.29 is 13.2 Å². The summed E-state index contributed by atoms with van der Waals surface area (Å²) < 4.78 is 26.2. The molecule has 1 aromatic heterocycles. The molecule has 3 rings (SSSR count). The van der Waals surface area contributed by atoms with E-state index in [1.54, 1.807) is 47.1 Å². The molecule has 0 aliphatic heterocycles. The van der Waals surface area contributed by atoms with Gasteiger partial charge in [0, 0.05) is 28.9 Å². The van der Waals surface area contributed by atoms with Gasteiger partial charge in [-0.15, -0.1) is 6.58 Å². The van der Waals surface area contributed by atoms with Crippen LogP contribution < -0.4 is 4.80 Å². The van der Waals surface area contributed by atoms with Gasteiger partial charge in [0.25, 0.3) is 5.91 Å². The van der Waals surface area contributed by atoms with Crippen LogP contribution >= 0.6 is 34.5 Å². The van der Waals surface area contributed by atoms with Gasteiger partial charge in [0.05, 0.1) is 15.1 Å². The number of fused-ring (bicyclic) bond motifs is 1. The minimum Gasteiger partial charge on any atom is -0.312 e. The maximum Gasteiger partial charge on any atom is 0.272 e. The Kier molecular flexibility index (Phi) is 6.43. The normalized spacial score (nSPS) is 12.7. The Morgan fingerprint density at radius 2 is 2.00 bits per heavy atom. The average molecular weight is 467 g/mol. The fourth-order valence-corrected chi connectivity index (χ4v) is 4.88. The van der Waals surface area contributed by atoms with Gasteiger partial charge in [-0.2, -0.15) is 4.99 Å². The molecule has 0 saturated heterocycles. The van der Waals surface area contributed by atoms with E-state index >= 15 is 0 Å². The predicted octanol–water partition coefficient (Wildman–Crippen LogP) is 4.74. The highest BCUT2D eigenvalue weighted by Gasteiger charge is 2.12. The number of amides is 1. The summed E-state index contributed by atoms with van der Waals surface area (Å²) in [5, 5.41) is 0.936. The lowest BCUT2D eigenvalue weighted by Gasteiger charge is -2.02. The number of carbonyl (C=O) groups is 1. The highest BCUT2D eigenvalue weighted by atomic mass is 35.5. The molecule has 1 heterocycles. The molecule has 9 heteroatoms. The van der Waals surface area contributed by atoms with Crippen LogP contribution in [0.25, 0.3) is 16.3 Å². The maximum atomic E-state index is 12.4. The van der Waals surface area contributed by atoms with E-state index in [4.69, 9.17) is 23.2 Å². The smallest absolute Gasteiger partial charge is 0.272 e. The van der Waals surface area contributed by atoms with Crippen LogP contribution in [0.1, 0.15) is 5.56 Å². The first-order valence-corrected chi connectivity index (χ1v) is 11.8. The minimum absolute atomic E-state index is 0.215. The molecular weight excluding hydrogens is 451 g/mol. The Bertz CT molecular complexity index is 1320. The maximum absolute atomic E-state index is 12.4. The van der Waals surface area contributed by atoms with Crippen LogP contribution in [0.3, 0.4) is 0 Å². The van der Waals surface area contributed by atoms with Crippen LogP contribution in [0, 0.1) is 0 Å². The van der Waals surface area contributed by atoms with Gasteiger partial charge >= 0.3 is 0 Å². The second kappa shape index (κ2) is 8.67. The summed E-state index contributed by atoms with van der Waals surface area (Å²) in [6.07, 6.45) is 5.72. The van der Waals surface area contributed by atoms with Crippen molar-refractivity contribution in [1.29, 1.82) is 0 Å². The number of benzene rings is 2. The summed E-state index contributed by atoms with van der Waals surface area (Å²) in [6.45, 7) is 4.16. The average Bonchev–Trinajstić information content (AvgIpc) is 2.97. The summed E-state index contributed by atoms with van der Waals surface area (Å²) in [4.78, 5) is 17.2. The van der Waals surface area contributed by atoms with Crippen molar-refractivity contribution in [3.63, 3.8) is 0 Å². The summed E-state index contributed by atoms with van der Waals surface area (Å²) in [5.41, 5.74) is 1.42. The zero-order valence-electron chi connectivity index (χ0n) is 15.3. The highest BCUT2D eigenvalue weighted by molar-refractivity contribution is 7.90. The number of halogens is 2. The zero-order chi connectivity index (χ0) is 21.2. The molecule has 0 saturated carbocycles. The Balaban J connectivity index is 2.03. The molecule has 1 amide bonds. The van der Waals surface area contributed by atoms with E-state index in [1.807, 2.05) is 0 Å².